The van der Waals surface area contributed by atoms with E-state index >= 15 is 0 Å². The van der Waals surface area contributed by atoms with Crippen LogP contribution in [-0.2, 0) is 11.4 Å². The Morgan fingerprint density at radius 2 is 2.29 bits per heavy atom. The molecule has 0 aliphatic carbocycles. The number of piperidine rings is 1. The minimum Gasteiger partial charge on any atom is -0.391 e. The van der Waals surface area contributed by atoms with Crippen molar-refractivity contribution in [3.63, 3.8) is 0 Å². The lowest BCUT2D eigenvalue weighted by atomic mass is 10.0. The van der Waals surface area contributed by atoms with Crippen molar-refractivity contribution in [2.45, 2.75) is 52.2 Å². The van der Waals surface area contributed by atoms with Gasteiger partial charge < -0.3 is 10.4 Å². The molecule has 0 bridgehead atoms. The molecule has 120 valence electrons. The van der Waals surface area contributed by atoms with Crippen molar-refractivity contribution >= 4 is 35.3 Å². The second-order valence-electron chi connectivity index (χ2n) is 5.41. The zero-order chi connectivity index (χ0) is 14.5. The predicted molar refractivity (Wildman–Crippen MR) is 90.4 cm³/mol. The number of aliphatic hydroxyl groups excluding tert-OH is 1. The minimum atomic E-state index is -0.0189. The molecule has 1 atom stereocenters. The molecule has 2 heterocycles. The van der Waals surface area contributed by atoms with E-state index in [-0.39, 0.29) is 31.0 Å². The smallest absolute Gasteiger partial charge is 0.241 e. The molecule has 21 heavy (non-hydrogen) atoms. The minimum absolute atomic E-state index is 0. The van der Waals surface area contributed by atoms with E-state index in [0.29, 0.717) is 0 Å². The van der Waals surface area contributed by atoms with Crippen LogP contribution >= 0.6 is 23.7 Å². The Bertz CT molecular complexity index is 463. The van der Waals surface area contributed by atoms with Crippen LogP contribution in [0, 0.1) is 6.92 Å². The Morgan fingerprint density at radius 3 is 2.95 bits per heavy atom. The van der Waals surface area contributed by atoms with E-state index in [1.54, 1.807) is 0 Å². The van der Waals surface area contributed by atoms with Crippen LogP contribution < -0.4 is 5.32 Å². The first-order valence-electron chi connectivity index (χ1n) is 7.40. The van der Waals surface area contributed by atoms with Gasteiger partial charge in [-0.3, -0.25) is 9.69 Å². The summed E-state index contributed by atoms with van der Waals surface area (Å²) in [5.74, 6) is 0.0781. The Balaban J connectivity index is 0.00000220. The number of likely N-dealkylation sites (tertiary alicyclic amines) is 1. The van der Waals surface area contributed by atoms with Crippen molar-refractivity contribution in [2.24, 2.45) is 0 Å². The van der Waals surface area contributed by atoms with E-state index in [4.69, 9.17) is 0 Å². The van der Waals surface area contributed by atoms with Crippen molar-refractivity contribution in [1.29, 1.82) is 0 Å². The number of hydrogen-bond acceptors (Lipinski definition) is 4. The van der Waals surface area contributed by atoms with Crippen LogP contribution in [0.15, 0.2) is 5.38 Å². The highest BCUT2D eigenvalue weighted by molar-refractivity contribution is 7.10. The molecule has 1 aliphatic heterocycles. The standard InChI is InChI=1S/C15H24N2O2S.ClH/c1-3-7-17-8-5-4-6-12(17)15(19)16-14-11(2)10-20-13(14)9-18;/h10,12,18H,3-9H2,1-2H3,(H,16,19);1H. The Labute approximate surface area is 136 Å². The van der Waals surface area contributed by atoms with Gasteiger partial charge >= 0.3 is 0 Å². The fourth-order valence-electron chi connectivity index (χ4n) is 2.83. The predicted octanol–water partition coefficient (Wildman–Crippen LogP) is 3.17. The fraction of sp³-hybridized carbons (Fsp3) is 0.667. The van der Waals surface area contributed by atoms with Gasteiger partial charge in [0.2, 0.25) is 5.91 Å². The summed E-state index contributed by atoms with van der Waals surface area (Å²) in [5.41, 5.74) is 1.84. The molecule has 1 saturated heterocycles. The summed E-state index contributed by atoms with van der Waals surface area (Å²) in [7, 11) is 0. The largest absolute Gasteiger partial charge is 0.391 e. The quantitative estimate of drug-likeness (QED) is 0.870. The molecule has 2 rings (SSSR count). The SMILES string of the molecule is CCCN1CCCCC1C(=O)Nc1c(C)csc1CO.Cl. The number of hydrogen-bond donors (Lipinski definition) is 2. The molecule has 0 aromatic carbocycles. The molecule has 0 radical (unpaired) electrons. The number of thiophene rings is 1. The van der Waals surface area contributed by atoms with Gasteiger partial charge in [0, 0.05) is 0 Å². The zero-order valence-corrected chi connectivity index (χ0v) is 14.4. The van der Waals surface area contributed by atoms with E-state index in [2.05, 4.69) is 17.1 Å². The van der Waals surface area contributed by atoms with Gasteiger partial charge in [0.25, 0.3) is 0 Å². The monoisotopic (exact) mass is 332 g/mol. The number of carbonyl (C=O) groups excluding carboxylic acids is 1. The summed E-state index contributed by atoms with van der Waals surface area (Å²) >= 11 is 1.50. The van der Waals surface area contributed by atoms with Gasteiger partial charge in [0.1, 0.15) is 0 Å². The Kier molecular flexibility index (Phi) is 7.66. The maximum Gasteiger partial charge on any atom is 0.241 e. The molecule has 2 N–H and O–H groups in total. The fourth-order valence-corrected chi connectivity index (χ4v) is 3.67. The number of amides is 1. The number of anilines is 1. The van der Waals surface area contributed by atoms with E-state index in [1.165, 1.54) is 17.8 Å². The van der Waals surface area contributed by atoms with E-state index < -0.39 is 0 Å². The first-order chi connectivity index (χ1) is 9.67. The summed E-state index contributed by atoms with van der Waals surface area (Å²) in [6.07, 6.45) is 4.31. The third-order valence-corrected chi connectivity index (χ3v) is 4.96. The second kappa shape index (κ2) is 8.73. The Hall–Kier alpha value is -0.620. The summed E-state index contributed by atoms with van der Waals surface area (Å²) in [5, 5.41) is 14.4. The van der Waals surface area contributed by atoms with Crippen LogP contribution in [0.5, 0.6) is 0 Å². The average molecular weight is 333 g/mol. The summed E-state index contributed by atoms with van der Waals surface area (Å²) < 4.78 is 0. The lowest BCUT2D eigenvalue weighted by Crippen LogP contribution is -2.47. The van der Waals surface area contributed by atoms with Crippen LogP contribution in [0.1, 0.15) is 43.0 Å². The summed E-state index contributed by atoms with van der Waals surface area (Å²) in [6.45, 7) is 6.10. The van der Waals surface area contributed by atoms with Crippen molar-refractivity contribution in [3.8, 4) is 0 Å². The molecule has 1 aliphatic rings. The number of rotatable bonds is 5. The number of halogens is 1. The molecule has 6 heteroatoms. The van der Waals surface area contributed by atoms with Gasteiger partial charge in [-0.25, -0.2) is 0 Å². The molecule has 0 spiro atoms. The molecule has 1 aromatic rings. The van der Waals surface area contributed by atoms with Crippen LogP contribution in [0.25, 0.3) is 0 Å². The third kappa shape index (κ3) is 4.42. The molecule has 1 unspecified atom stereocenters. The molecule has 1 amide bonds. The first-order valence-corrected chi connectivity index (χ1v) is 8.28. The highest BCUT2D eigenvalue weighted by atomic mass is 35.5. The number of nitrogens with zero attached hydrogens (tertiary/aromatic N) is 1. The van der Waals surface area contributed by atoms with E-state index in [1.807, 2.05) is 12.3 Å². The maximum atomic E-state index is 12.5. The van der Waals surface area contributed by atoms with Crippen molar-refractivity contribution < 1.29 is 9.90 Å². The molecule has 4 nitrogen and oxygen atoms in total. The first kappa shape index (κ1) is 18.4. The summed E-state index contributed by atoms with van der Waals surface area (Å²) in [4.78, 5) is 15.7. The molecular formula is C15H25ClN2O2S. The van der Waals surface area contributed by atoms with Gasteiger partial charge in [-0.15, -0.1) is 23.7 Å². The second-order valence-corrected chi connectivity index (χ2v) is 6.38. The van der Waals surface area contributed by atoms with Crippen molar-refractivity contribution in [2.75, 3.05) is 18.4 Å². The number of carbonyl (C=O) groups is 1. The lowest BCUT2D eigenvalue weighted by molar-refractivity contribution is -0.122. The van der Waals surface area contributed by atoms with E-state index in [0.717, 1.165) is 48.5 Å². The number of aryl methyl sites for hydroxylation is 1. The normalized spacial score (nSPS) is 19.1. The maximum absolute atomic E-state index is 12.5. The van der Waals surface area contributed by atoms with Crippen LogP contribution in [0.3, 0.4) is 0 Å². The summed E-state index contributed by atoms with van der Waals surface area (Å²) in [6, 6.07) is -0.0189. The number of aliphatic hydroxyl groups is 1. The lowest BCUT2D eigenvalue weighted by Gasteiger charge is -2.34. The van der Waals surface area contributed by atoms with E-state index in [9.17, 15) is 9.90 Å². The Morgan fingerprint density at radius 1 is 1.52 bits per heavy atom. The highest BCUT2D eigenvalue weighted by Gasteiger charge is 2.28. The molecule has 1 fully saturated rings. The number of nitrogens with one attached hydrogen (secondary N) is 1. The molecule has 1 aromatic heterocycles. The third-order valence-electron chi connectivity index (χ3n) is 3.87. The van der Waals surface area contributed by atoms with Crippen molar-refractivity contribution in [3.05, 3.63) is 15.8 Å². The van der Waals surface area contributed by atoms with Gasteiger partial charge in [-0.1, -0.05) is 13.3 Å². The van der Waals surface area contributed by atoms with Gasteiger partial charge in [0.05, 0.1) is 23.2 Å². The van der Waals surface area contributed by atoms with Crippen LogP contribution in [-0.4, -0.2) is 35.0 Å². The highest BCUT2D eigenvalue weighted by Crippen LogP contribution is 2.28. The van der Waals surface area contributed by atoms with Gasteiger partial charge in [-0.2, -0.15) is 0 Å². The zero-order valence-electron chi connectivity index (χ0n) is 12.7. The molecule has 0 saturated carbocycles. The molecular weight excluding hydrogens is 308 g/mol. The van der Waals surface area contributed by atoms with Gasteiger partial charge in [-0.05, 0) is 50.2 Å². The topological polar surface area (TPSA) is 52.6 Å². The van der Waals surface area contributed by atoms with Crippen molar-refractivity contribution in [1.82, 2.24) is 4.90 Å². The van der Waals surface area contributed by atoms with Crippen LogP contribution in [0.4, 0.5) is 5.69 Å². The van der Waals surface area contributed by atoms with Crippen LogP contribution in [0.2, 0.25) is 0 Å². The average Bonchev–Trinajstić information content (AvgIpc) is 2.80. The van der Waals surface area contributed by atoms with Gasteiger partial charge in [0.15, 0.2) is 0 Å².